The number of alkyl halides is 1. The number of nitrogens with two attached hydrogens (primary N) is 1. The molecule has 1 aromatic carbocycles. The van der Waals surface area contributed by atoms with Crippen molar-refractivity contribution in [2.24, 2.45) is 29.4 Å². The third kappa shape index (κ3) is 4.94. The maximum Gasteiger partial charge on any atom is 0.306 e. The molecule has 13 heteroatoms. The summed E-state index contributed by atoms with van der Waals surface area (Å²) in [5.41, 5.74) is 2.57. The number of hydrogen-bond acceptors (Lipinski definition) is 11. The number of aromatic hydroxyl groups is 1. The van der Waals surface area contributed by atoms with Crippen molar-refractivity contribution in [2.45, 2.75) is 61.9 Å². The van der Waals surface area contributed by atoms with E-state index in [9.17, 15) is 39.0 Å². The molecule has 232 valence electrons. The molecule has 0 aromatic heterocycles. The lowest BCUT2D eigenvalue weighted by Crippen LogP contribution is -2.78. The van der Waals surface area contributed by atoms with Gasteiger partial charge in [-0.25, -0.2) is 0 Å². The molecule has 2 unspecified atom stereocenters. The first-order valence-electron chi connectivity index (χ1n) is 14.4. The Kier molecular flexibility index (Phi) is 8.64. The maximum atomic E-state index is 14.4. The Labute approximate surface area is 256 Å². The van der Waals surface area contributed by atoms with Crippen LogP contribution in [-0.4, -0.2) is 100 Å². The maximum absolute atomic E-state index is 14.4. The van der Waals surface area contributed by atoms with Crippen molar-refractivity contribution in [3.05, 3.63) is 29.3 Å². The fourth-order valence-corrected chi connectivity index (χ4v) is 7.99. The molecular weight excluding hydrogens is 628 g/mol. The molecule has 3 fully saturated rings. The molecule has 0 saturated heterocycles. The minimum absolute atomic E-state index is 0.0150. The monoisotopic (exact) mass is 662 g/mol. The van der Waals surface area contributed by atoms with E-state index in [1.807, 2.05) is 0 Å². The Bertz CT molecular complexity index is 1370. The number of nitrogens with zero attached hydrogens (tertiary/aromatic N) is 1. The zero-order chi connectivity index (χ0) is 31.4. The number of halogens is 1. The van der Waals surface area contributed by atoms with Crippen molar-refractivity contribution < 1.29 is 48.5 Å². The van der Waals surface area contributed by atoms with Gasteiger partial charge in [0.25, 0.3) is 0 Å². The number of carbonyl (C=O) groups is 6. The SMILES string of the molecule is CN(C)[C@@H]1C(=O)C(C(N)=O)C(=O)[C@@]2(O)C(=O)C3C(=O)c4c(O)cccc4[C@H](COC4CCCC4)[C@H]3[C@H](OC(=O)CCBr)[C@@H]12. The van der Waals surface area contributed by atoms with Gasteiger partial charge in [-0.1, -0.05) is 40.9 Å². The van der Waals surface area contributed by atoms with Crippen LogP contribution in [0, 0.1) is 23.7 Å². The first-order valence-corrected chi connectivity index (χ1v) is 15.5. The molecule has 0 heterocycles. The van der Waals surface area contributed by atoms with Gasteiger partial charge in [-0.2, -0.15) is 0 Å². The van der Waals surface area contributed by atoms with E-state index in [2.05, 4.69) is 15.9 Å². The molecule has 4 aliphatic rings. The summed E-state index contributed by atoms with van der Waals surface area (Å²) in [5.74, 6) is -14.5. The Hall–Kier alpha value is -3.00. The van der Waals surface area contributed by atoms with Gasteiger partial charge in [0, 0.05) is 17.2 Å². The number of ether oxygens (including phenoxy) is 2. The third-order valence-corrected chi connectivity index (χ3v) is 9.90. The van der Waals surface area contributed by atoms with Crippen LogP contribution in [0.1, 0.15) is 53.9 Å². The number of benzene rings is 1. The molecule has 0 radical (unpaired) electrons. The summed E-state index contributed by atoms with van der Waals surface area (Å²) < 4.78 is 12.2. The van der Waals surface area contributed by atoms with Gasteiger partial charge in [0.15, 0.2) is 34.7 Å². The van der Waals surface area contributed by atoms with Crippen LogP contribution in [-0.2, 0) is 33.4 Å². The summed E-state index contributed by atoms with van der Waals surface area (Å²) in [4.78, 5) is 82.8. The molecule has 5 rings (SSSR count). The quantitative estimate of drug-likeness (QED) is 0.201. The van der Waals surface area contributed by atoms with Crippen molar-refractivity contribution in [1.82, 2.24) is 4.90 Å². The number of carbonyl (C=O) groups excluding carboxylic acids is 6. The van der Waals surface area contributed by atoms with Crippen molar-refractivity contribution in [3.63, 3.8) is 0 Å². The van der Waals surface area contributed by atoms with Crippen molar-refractivity contribution in [2.75, 3.05) is 26.0 Å². The summed E-state index contributed by atoms with van der Waals surface area (Å²) in [6, 6.07) is 3.01. The Morgan fingerprint density at radius 3 is 2.40 bits per heavy atom. The molecule has 0 aliphatic heterocycles. The Morgan fingerprint density at radius 1 is 1.12 bits per heavy atom. The molecule has 1 aromatic rings. The highest BCUT2D eigenvalue weighted by molar-refractivity contribution is 9.09. The molecule has 43 heavy (non-hydrogen) atoms. The van der Waals surface area contributed by atoms with Gasteiger partial charge in [0.2, 0.25) is 5.91 Å². The van der Waals surface area contributed by atoms with Gasteiger partial charge in [0.05, 0.1) is 42.6 Å². The van der Waals surface area contributed by atoms with E-state index in [-0.39, 0.29) is 30.0 Å². The lowest BCUT2D eigenvalue weighted by molar-refractivity contribution is -0.206. The highest BCUT2D eigenvalue weighted by Crippen LogP contribution is 2.55. The lowest BCUT2D eigenvalue weighted by Gasteiger charge is -2.56. The molecule has 4 N–H and O–H groups in total. The number of esters is 1. The fraction of sp³-hybridized carbons (Fsp3) is 0.600. The summed E-state index contributed by atoms with van der Waals surface area (Å²) in [7, 11) is 2.93. The van der Waals surface area contributed by atoms with Crippen LogP contribution in [0.5, 0.6) is 5.75 Å². The lowest BCUT2D eigenvalue weighted by atomic mass is 9.49. The number of rotatable bonds is 8. The standard InChI is InChI=1S/C30H35BrN2O10/c1-33(2)23-22-26(43-17(35)10-11-31)19-15(12-42-13-6-3-4-7-13)14-8-5-9-16(34)18(14)24(36)20(19)27(38)30(22,41)28(39)21(25(23)37)29(32)40/h5,8-9,13,15,19-23,26,34,41H,3-4,6-7,10-12H2,1-2H3,(H2,32,40)/t15-,19+,20?,21?,22+,23-,26-,30-/m0/s1. The second kappa shape index (κ2) is 11.8. The van der Waals surface area contributed by atoms with E-state index >= 15 is 0 Å². The first kappa shape index (κ1) is 31.4. The van der Waals surface area contributed by atoms with Gasteiger partial charge in [-0.15, -0.1) is 0 Å². The van der Waals surface area contributed by atoms with E-state index in [0.717, 1.165) is 25.7 Å². The second-order valence-corrected chi connectivity index (χ2v) is 12.9. The highest BCUT2D eigenvalue weighted by atomic mass is 79.9. The van der Waals surface area contributed by atoms with Crippen LogP contribution in [0.15, 0.2) is 18.2 Å². The Morgan fingerprint density at radius 2 is 1.79 bits per heavy atom. The van der Waals surface area contributed by atoms with Gasteiger partial charge in [0.1, 0.15) is 11.9 Å². The molecular formula is C30H35BrN2O10. The van der Waals surface area contributed by atoms with E-state index in [0.29, 0.717) is 5.56 Å². The number of Topliss-reactive ketones (excluding diaryl/α,β-unsaturated/α-hetero) is 4. The van der Waals surface area contributed by atoms with Crippen LogP contribution in [0.2, 0.25) is 0 Å². The van der Waals surface area contributed by atoms with Crippen molar-refractivity contribution in [1.29, 1.82) is 0 Å². The number of primary amides is 1. The molecule has 8 atom stereocenters. The molecule has 0 spiro atoms. The van der Waals surface area contributed by atoms with Crippen LogP contribution in [0.25, 0.3) is 0 Å². The summed E-state index contributed by atoms with van der Waals surface area (Å²) in [5, 5.41) is 23.1. The minimum Gasteiger partial charge on any atom is -0.507 e. The van der Waals surface area contributed by atoms with E-state index < -0.39 is 88.1 Å². The summed E-state index contributed by atoms with van der Waals surface area (Å²) in [6.07, 6.45) is 1.88. The molecule has 3 saturated carbocycles. The number of aliphatic hydroxyl groups is 1. The molecule has 12 nitrogen and oxygen atoms in total. The molecule has 4 aliphatic carbocycles. The van der Waals surface area contributed by atoms with E-state index in [4.69, 9.17) is 15.2 Å². The topological polar surface area (TPSA) is 191 Å². The number of ketones is 4. The minimum atomic E-state index is -3.07. The highest BCUT2D eigenvalue weighted by Gasteiger charge is 2.74. The van der Waals surface area contributed by atoms with Crippen LogP contribution < -0.4 is 5.73 Å². The van der Waals surface area contributed by atoms with E-state index in [1.165, 1.54) is 25.1 Å². The average Bonchev–Trinajstić information content (AvgIpc) is 3.45. The predicted molar refractivity (Wildman–Crippen MR) is 152 cm³/mol. The van der Waals surface area contributed by atoms with Crippen LogP contribution >= 0.6 is 15.9 Å². The average molecular weight is 664 g/mol. The molecule has 0 bridgehead atoms. The zero-order valence-electron chi connectivity index (χ0n) is 23.9. The summed E-state index contributed by atoms with van der Waals surface area (Å²) in [6.45, 7) is -0.0150. The predicted octanol–water partition coefficient (Wildman–Crippen LogP) is 0.674. The molecule has 1 amide bonds. The number of likely N-dealkylation sites (N-methyl/N-ethyl adjacent to an activating group) is 1. The van der Waals surface area contributed by atoms with Gasteiger partial charge >= 0.3 is 5.97 Å². The van der Waals surface area contributed by atoms with Crippen LogP contribution in [0.4, 0.5) is 0 Å². The number of hydrogen-bond donors (Lipinski definition) is 3. The number of amides is 1. The number of fused-ring (bicyclic) bond motifs is 3. The van der Waals surface area contributed by atoms with Crippen molar-refractivity contribution in [3.8, 4) is 5.75 Å². The normalized spacial score (nSPS) is 34.1. The van der Waals surface area contributed by atoms with Crippen LogP contribution in [0.3, 0.4) is 0 Å². The largest absolute Gasteiger partial charge is 0.507 e. The first-order chi connectivity index (χ1) is 20.4. The zero-order valence-corrected chi connectivity index (χ0v) is 25.4. The Balaban J connectivity index is 1.74. The van der Waals surface area contributed by atoms with E-state index in [1.54, 1.807) is 12.1 Å². The second-order valence-electron chi connectivity index (χ2n) is 12.1. The fourth-order valence-electron chi connectivity index (χ4n) is 7.67. The van der Waals surface area contributed by atoms with Gasteiger partial charge < -0.3 is 25.4 Å². The van der Waals surface area contributed by atoms with Crippen molar-refractivity contribution >= 4 is 50.9 Å². The van der Waals surface area contributed by atoms with Gasteiger partial charge in [-0.3, -0.25) is 33.7 Å². The number of phenolic OH excluding ortho intramolecular Hbond substituents is 1. The third-order valence-electron chi connectivity index (χ3n) is 9.50. The van der Waals surface area contributed by atoms with Gasteiger partial charge in [-0.05, 0) is 38.6 Å². The summed E-state index contributed by atoms with van der Waals surface area (Å²) >= 11 is 3.19. The number of phenols is 1. The smallest absolute Gasteiger partial charge is 0.306 e.